The van der Waals surface area contributed by atoms with Crippen molar-refractivity contribution in [3.8, 4) is 0 Å². The first-order valence-corrected chi connectivity index (χ1v) is 10.5. The molecule has 24 heavy (non-hydrogen) atoms. The summed E-state index contributed by atoms with van der Waals surface area (Å²) in [6.45, 7) is 0. The Morgan fingerprint density at radius 1 is 1.12 bits per heavy atom. The quantitative estimate of drug-likeness (QED) is 0.809. The third-order valence-corrected chi connectivity index (χ3v) is 6.43. The van der Waals surface area contributed by atoms with Crippen LogP contribution in [0, 0.1) is 5.92 Å². The van der Waals surface area contributed by atoms with E-state index in [-0.39, 0.29) is 11.7 Å². The molecule has 1 atom stereocenters. The molecule has 0 aromatic heterocycles. The van der Waals surface area contributed by atoms with Crippen molar-refractivity contribution in [2.45, 2.75) is 44.6 Å². The Morgan fingerprint density at radius 2 is 1.79 bits per heavy atom. The van der Waals surface area contributed by atoms with Crippen molar-refractivity contribution in [1.29, 1.82) is 0 Å². The summed E-state index contributed by atoms with van der Waals surface area (Å²) in [6.07, 6.45) is 7.86. The average molecular weight is 368 g/mol. The summed E-state index contributed by atoms with van der Waals surface area (Å²) < 4.78 is 23.6. The van der Waals surface area contributed by atoms with Gasteiger partial charge in [-0.05, 0) is 49.1 Å². The van der Waals surface area contributed by atoms with E-state index in [2.05, 4.69) is 0 Å². The fourth-order valence-electron chi connectivity index (χ4n) is 3.58. The number of anilines is 1. The Labute approximate surface area is 148 Å². The Hall–Kier alpha value is -1.33. The van der Waals surface area contributed by atoms with Gasteiger partial charge in [0.2, 0.25) is 5.91 Å². The van der Waals surface area contributed by atoms with E-state index < -0.39 is 15.9 Å². The number of carbonyl (C=O) groups is 1. The molecule has 3 rings (SSSR count). The fourth-order valence-corrected chi connectivity index (χ4v) is 4.97. The van der Waals surface area contributed by atoms with E-state index in [1.165, 1.54) is 24.7 Å². The lowest BCUT2D eigenvalue weighted by atomic mass is 9.86. The topological polar surface area (TPSA) is 54.5 Å². The SMILES string of the molecule is O=C(CC1CCCCC1)N(c1ccc(Cl)cc1)[C@H]1C=CS(=O)(=O)C1. The van der Waals surface area contributed by atoms with E-state index in [9.17, 15) is 13.2 Å². The van der Waals surface area contributed by atoms with Gasteiger partial charge in [0.15, 0.2) is 9.84 Å². The molecule has 1 aromatic rings. The van der Waals surface area contributed by atoms with Crippen LogP contribution in [-0.2, 0) is 14.6 Å². The molecule has 1 amide bonds. The molecule has 1 saturated carbocycles. The van der Waals surface area contributed by atoms with Crippen LogP contribution in [0.1, 0.15) is 38.5 Å². The zero-order valence-corrected chi connectivity index (χ0v) is 15.1. The lowest BCUT2D eigenvalue weighted by Gasteiger charge is -2.30. The first-order chi connectivity index (χ1) is 11.4. The molecule has 0 radical (unpaired) electrons. The van der Waals surface area contributed by atoms with Gasteiger partial charge in [-0.2, -0.15) is 0 Å². The molecule has 6 heteroatoms. The monoisotopic (exact) mass is 367 g/mol. The van der Waals surface area contributed by atoms with Crippen LogP contribution < -0.4 is 4.90 Å². The van der Waals surface area contributed by atoms with E-state index in [1.807, 2.05) is 0 Å². The molecule has 2 aliphatic rings. The van der Waals surface area contributed by atoms with Crippen LogP contribution in [0.2, 0.25) is 5.02 Å². The van der Waals surface area contributed by atoms with Gasteiger partial charge in [0, 0.05) is 22.5 Å². The van der Waals surface area contributed by atoms with Gasteiger partial charge < -0.3 is 4.90 Å². The molecule has 1 fully saturated rings. The van der Waals surface area contributed by atoms with E-state index in [4.69, 9.17) is 11.6 Å². The normalized spacial score (nSPS) is 23.3. The predicted molar refractivity (Wildman–Crippen MR) is 96.8 cm³/mol. The smallest absolute Gasteiger partial charge is 0.227 e. The lowest BCUT2D eigenvalue weighted by molar-refractivity contribution is -0.120. The standard InChI is InChI=1S/C18H22ClNO3S/c19-15-6-8-16(9-7-15)20(17-10-11-24(22,23)13-17)18(21)12-14-4-2-1-3-5-14/h6-11,14,17H,1-5,12-13H2/t17-/m0/s1. The van der Waals surface area contributed by atoms with Gasteiger partial charge in [-0.1, -0.05) is 30.9 Å². The van der Waals surface area contributed by atoms with Gasteiger partial charge >= 0.3 is 0 Å². The van der Waals surface area contributed by atoms with Gasteiger partial charge in [0.05, 0.1) is 11.8 Å². The van der Waals surface area contributed by atoms with Crippen molar-refractivity contribution in [2.24, 2.45) is 5.92 Å². The maximum Gasteiger partial charge on any atom is 0.227 e. The van der Waals surface area contributed by atoms with E-state index in [1.54, 1.807) is 35.2 Å². The molecule has 0 unspecified atom stereocenters. The first kappa shape index (κ1) is 17.5. The fraction of sp³-hybridized carbons (Fsp3) is 0.500. The van der Waals surface area contributed by atoms with E-state index >= 15 is 0 Å². The Balaban J connectivity index is 1.82. The summed E-state index contributed by atoms with van der Waals surface area (Å²) in [5.41, 5.74) is 0.701. The molecular weight excluding hydrogens is 346 g/mol. The van der Waals surface area contributed by atoms with Gasteiger partial charge in [-0.25, -0.2) is 8.42 Å². The van der Waals surface area contributed by atoms with Gasteiger partial charge in [-0.15, -0.1) is 0 Å². The first-order valence-electron chi connectivity index (χ1n) is 8.43. The Kier molecular flexibility index (Phi) is 5.30. The summed E-state index contributed by atoms with van der Waals surface area (Å²) in [4.78, 5) is 14.6. The second kappa shape index (κ2) is 7.28. The number of benzene rings is 1. The van der Waals surface area contributed by atoms with Crippen LogP contribution in [0.25, 0.3) is 0 Å². The van der Waals surface area contributed by atoms with Crippen LogP contribution in [-0.4, -0.2) is 26.1 Å². The van der Waals surface area contributed by atoms with Gasteiger partial charge in [0.25, 0.3) is 0 Å². The summed E-state index contributed by atoms with van der Waals surface area (Å²) in [5.74, 6) is 0.352. The lowest BCUT2D eigenvalue weighted by Crippen LogP contribution is -2.42. The molecule has 4 nitrogen and oxygen atoms in total. The van der Waals surface area contributed by atoms with Gasteiger partial charge in [0.1, 0.15) is 0 Å². The Bertz CT molecular complexity index is 721. The highest BCUT2D eigenvalue weighted by molar-refractivity contribution is 7.94. The summed E-state index contributed by atoms with van der Waals surface area (Å²) in [7, 11) is -3.22. The molecule has 0 spiro atoms. The second-order valence-corrected chi connectivity index (χ2v) is 9.04. The van der Waals surface area contributed by atoms with E-state index in [0.29, 0.717) is 23.0 Å². The number of amides is 1. The van der Waals surface area contributed by atoms with Crippen LogP contribution in [0.4, 0.5) is 5.69 Å². The van der Waals surface area contributed by atoms with Crippen LogP contribution in [0.5, 0.6) is 0 Å². The summed E-state index contributed by atoms with van der Waals surface area (Å²) >= 11 is 5.94. The number of hydrogen-bond donors (Lipinski definition) is 0. The third kappa shape index (κ3) is 4.19. The number of hydrogen-bond acceptors (Lipinski definition) is 3. The van der Waals surface area contributed by atoms with Crippen LogP contribution in [0.15, 0.2) is 35.7 Å². The number of rotatable bonds is 4. The van der Waals surface area contributed by atoms with Crippen LogP contribution >= 0.6 is 11.6 Å². The summed E-state index contributed by atoms with van der Waals surface area (Å²) in [6, 6.07) is 6.57. The number of carbonyl (C=O) groups excluding carboxylic acids is 1. The highest BCUT2D eigenvalue weighted by Crippen LogP contribution is 2.30. The highest BCUT2D eigenvalue weighted by Gasteiger charge is 2.32. The largest absolute Gasteiger partial charge is 0.304 e. The molecule has 1 aliphatic heterocycles. The second-order valence-electron chi connectivity index (χ2n) is 6.67. The zero-order chi connectivity index (χ0) is 17.2. The molecule has 1 aliphatic carbocycles. The average Bonchev–Trinajstić information content (AvgIpc) is 2.90. The van der Waals surface area contributed by atoms with E-state index in [0.717, 1.165) is 12.8 Å². The molecule has 130 valence electrons. The minimum atomic E-state index is -3.22. The number of halogens is 1. The number of nitrogens with zero attached hydrogens (tertiary/aromatic N) is 1. The van der Waals surface area contributed by atoms with Crippen molar-refractivity contribution in [3.63, 3.8) is 0 Å². The van der Waals surface area contributed by atoms with Crippen molar-refractivity contribution < 1.29 is 13.2 Å². The minimum absolute atomic E-state index is 0.00373. The highest BCUT2D eigenvalue weighted by atomic mass is 35.5. The maximum atomic E-state index is 13.0. The van der Waals surface area contributed by atoms with Gasteiger partial charge in [-0.3, -0.25) is 4.79 Å². The molecule has 0 saturated heterocycles. The third-order valence-electron chi connectivity index (χ3n) is 4.80. The predicted octanol–water partition coefficient (Wildman–Crippen LogP) is 3.95. The number of sulfone groups is 1. The molecule has 1 aromatic carbocycles. The van der Waals surface area contributed by atoms with Crippen molar-refractivity contribution in [2.75, 3.05) is 10.7 Å². The molecule has 0 N–H and O–H groups in total. The van der Waals surface area contributed by atoms with Crippen molar-refractivity contribution in [1.82, 2.24) is 0 Å². The van der Waals surface area contributed by atoms with Crippen molar-refractivity contribution in [3.05, 3.63) is 40.8 Å². The zero-order valence-electron chi connectivity index (χ0n) is 13.5. The molecule has 0 bridgehead atoms. The van der Waals surface area contributed by atoms with Crippen molar-refractivity contribution >= 4 is 33.0 Å². The van der Waals surface area contributed by atoms with Crippen LogP contribution in [0.3, 0.4) is 0 Å². The maximum absolute atomic E-state index is 13.0. The molecular formula is C18H22ClNO3S. The Morgan fingerprint density at radius 3 is 2.38 bits per heavy atom. The minimum Gasteiger partial charge on any atom is -0.304 e. The summed E-state index contributed by atoms with van der Waals surface area (Å²) in [5, 5.41) is 1.81. The molecule has 1 heterocycles.